The summed E-state index contributed by atoms with van der Waals surface area (Å²) in [5.74, 6) is 0.0432. The lowest BCUT2D eigenvalue weighted by Gasteiger charge is -2.21. The molecule has 3 rings (SSSR count). The van der Waals surface area contributed by atoms with E-state index >= 15 is 0 Å². The summed E-state index contributed by atoms with van der Waals surface area (Å²) >= 11 is 1.10. The normalized spacial score (nSPS) is 17.9. The third-order valence-electron chi connectivity index (χ3n) is 4.51. The molecular formula is C18H22N4O5S2. The molecule has 0 bridgehead atoms. The van der Waals surface area contributed by atoms with Crippen molar-refractivity contribution in [2.75, 3.05) is 28.7 Å². The van der Waals surface area contributed by atoms with Gasteiger partial charge in [-0.1, -0.05) is 30.0 Å². The molecule has 1 atom stereocenters. The van der Waals surface area contributed by atoms with Crippen LogP contribution in [0.15, 0.2) is 40.0 Å². The van der Waals surface area contributed by atoms with Crippen molar-refractivity contribution in [3.8, 4) is 0 Å². The van der Waals surface area contributed by atoms with Crippen molar-refractivity contribution in [3.63, 3.8) is 0 Å². The second kappa shape index (κ2) is 9.40. The number of hydrogen-bond acceptors (Lipinski definition) is 8. The van der Waals surface area contributed by atoms with Gasteiger partial charge in [-0.2, -0.15) is 0 Å². The maximum Gasteiger partial charge on any atom is 0.277 e. The molecule has 156 valence electrons. The van der Waals surface area contributed by atoms with Crippen molar-refractivity contribution in [2.45, 2.75) is 24.5 Å². The molecule has 1 aliphatic heterocycles. The van der Waals surface area contributed by atoms with E-state index in [1.807, 2.05) is 6.07 Å². The van der Waals surface area contributed by atoms with Crippen molar-refractivity contribution in [2.24, 2.45) is 11.7 Å². The third kappa shape index (κ3) is 6.29. The van der Waals surface area contributed by atoms with Gasteiger partial charge in [-0.05, 0) is 24.5 Å². The lowest BCUT2D eigenvalue weighted by Crippen LogP contribution is -2.35. The van der Waals surface area contributed by atoms with Crippen molar-refractivity contribution in [1.29, 1.82) is 0 Å². The van der Waals surface area contributed by atoms with Crippen LogP contribution in [0.5, 0.6) is 0 Å². The summed E-state index contributed by atoms with van der Waals surface area (Å²) in [4.78, 5) is 25.3. The monoisotopic (exact) mass is 438 g/mol. The predicted molar refractivity (Wildman–Crippen MR) is 108 cm³/mol. The summed E-state index contributed by atoms with van der Waals surface area (Å²) in [7, 11) is -2.96. The Hall–Kier alpha value is -2.40. The van der Waals surface area contributed by atoms with Crippen molar-refractivity contribution < 1.29 is 22.4 Å². The molecule has 0 spiro atoms. The van der Waals surface area contributed by atoms with Gasteiger partial charge in [-0.3, -0.25) is 9.59 Å². The van der Waals surface area contributed by atoms with E-state index < -0.39 is 15.7 Å². The highest BCUT2D eigenvalue weighted by Crippen LogP contribution is 2.24. The highest BCUT2D eigenvalue weighted by Gasteiger charge is 2.29. The fourth-order valence-corrected chi connectivity index (χ4v) is 5.61. The van der Waals surface area contributed by atoms with E-state index in [0.717, 1.165) is 11.8 Å². The molecule has 0 saturated carbocycles. The van der Waals surface area contributed by atoms with Gasteiger partial charge in [0.05, 0.1) is 17.3 Å². The van der Waals surface area contributed by atoms with E-state index in [1.165, 1.54) is 4.90 Å². The number of rotatable bonds is 9. The van der Waals surface area contributed by atoms with Crippen LogP contribution in [0, 0.1) is 5.92 Å². The molecule has 2 N–H and O–H groups in total. The SMILES string of the molecule is NC(=O)CCN(C(=O)CSc1nnc(CC2CCS(=O)(=O)C2)o1)c1ccccc1. The van der Waals surface area contributed by atoms with Gasteiger partial charge < -0.3 is 15.1 Å². The smallest absolute Gasteiger partial charge is 0.277 e. The number of para-hydroxylation sites is 1. The van der Waals surface area contributed by atoms with Crippen molar-refractivity contribution in [3.05, 3.63) is 36.2 Å². The van der Waals surface area contributed by atoms with E-state index in [4.69, 9.17) is 10.2 Å². The van der Waals surface area contributed by atoms with Gasteiger partial charge in [0.1, 0.15) is 0 Å². The first-order valence-corrected chi connectivity index (χ1v) is 11.9. The molecule has 0 radical (unpaired) electrons. The largest absolute Gasteiger partial charge is 0.416 e. The predicted octanol–water partition coefficient (Wildman–Crippen LogP) is 1.05. The Morgan fingerprint density at radius 1 is 1.24 bits per heavy atom. The van der Waals surface area contributed by atoms with E-state index in [2.05, 4.69) is 10.2 Å². The Kier molecular flexibility index (Phi) is 6.91. The van der Waals surface area contributed by atoms with Gasteiger partial charge in [0.25, 0.3) is 5.22 Å². The Morgan fingerprint density at radius 2 is 2.00 bits per heavy atom. The minimum atomic E-state index is -2.96. The molecule has 11 heteroatoms. The summed E-state index contributed by atoms with van der Waals surface area (Å²) in [5.41, 5.74) is 5.89. The maximum atomic E-state index is 12.7. The average Bonchev–Trinajstić information content (AvgIpc) is 3.26. The first-order valence-electron chi connectivity index (χ1n) is 9.12. The number of aromatic nitrogens is 2. The Labute approximate surface area is 173 Å². The van der Waals surface area contributed by atoms with Crippen LogP contribution in [-0.2, 0) is 25.8 Å². The van der Waals surface area contributed by atoms with Gasteiger partial charge in [-0.15, -0.1) is 10.2 Å². The van der Waals surface area contributed by atoms with E-state index in [-0.39, 0.29) is 47.3 Å². The number of thioether (sulfide) groups is 1. The molecule has 1 aliphatic rings. The number of anilines is 1. The fraction of sp³-hybridized carbons (Fsp3) is 0.444. The minimum absolute atomic E-state index is 0.0118. The highest BCUT2D eigenvalue weighted by atomic mass is 32.2. The Bertz CT molecular complexity index is 962. The molecule has 2 heterocycles. The van der Waals surface area contributed by atoms with Gasteiger partial charge >= 0.3 is 0 Å². The molecule has 2 aromatic rings. The molecule has 29 heavy (non-hydrogen) atoms. The van der Waals surface area contributed by atoms with Crippen LogP contribution in [-0.4, -0.2) is 54.2 Å². The second-order valence-corrected chi connectivity index (χ2v) is 9.98. The summed E-state index contributed by atoms with van der Waals surface area (Å²) in [6, 6.07) is 9.01. The number of primary amides is 1. The fourth-order valence-electron chi connectivity index (χ4n) is 3.09. The average molecular weight is 439 g/mol. The van der Waals surface area contributed by atoms with Crippen molar-refractivity contribution in [1.82, 2.24) is 10.2 Å². The lowest BCUT2D eigenvalue weighted by molar-refractivity contribution is -0.118. The number of nitrogens with two attached hydrogens (primary N) is 1. The first-order chi connectivity index (χ1) is 13.8. The lowest BCUT2D eigenvalue weighted by atomic mass is 10.1. The Morgan fingerprint density at radius 3 is 2.66 bits per heavy atom. The van der Waals surface area contributed by atoms with Gasteiger partial charge in [0.2, 0.25) is 17.7 Å². The third-order valence-corrected chi connectivity index (χ3v) is 7.15. The topological polar surface area (TPSA) is 136 Å². The van der Waals surface area contributed by atoms with Gasteiger partial charge in [0.15, 0.2) is 9.84 Å². The maximum absolute atomic E-state index is 12.7. The quantitative estimate of drug-likeness (QED) is 0.574. The van der Waals surface area contributed by atoms with E-state index in [9.17, 15) is 18.0 Å². The zero-order valence-electron chi connectivity index (χ0n) is 15.7. The number of hydrogen-bond donors (Lipinski definition) is 1. The number of amides is 2. The number of carbonyl (C=O) groups is 2. The van der Waals surface area contributed by atoms with Crippen molar-refractivity contribution >= 4 is 39.1 Å². The molecule has 0 aliphatic carbocycles. The molecule has 9 nitrogen and oxygen atoms in total. The number of benzene rings is 1. The van der Waals surface area contributed by atoms with Gasteiger partial charge in [-0.25, -0.2) is 8.42 Å². The first kappa shape index (κ1) is 21.3. The minimum Gasteiger partial charge on any atom is -0.416 e. The zero-order chi connectivity index (χ0) is 20.9. The van der Waals surface area contributed by atoms with Gasteiger partial charge in [0, 0.05) is 25.1 Å². The molecule has 1 fully saturated rings. The summed E-state index contributed by atoms with van der Waals surface area (Å²) in [6.07, 6.45) is 1.06. The molecule has 1 aromatic carbocycles. The zero-order valence-corrected chi connectivity index (χ0v) is 17.3. The van der Waals surface area contributed by atoms with Crippen LogP contribution in [0.2, 0.25) is 0 Å². The van der Waals surface area contributed by atoms with E-state index in [0.29, 0.717) is 24.4 Å². The van der Waals surface area contributed by atoms with Crippen LogP contribution in [0.1, 0.15) is 18.7 Å². The summed E-state index contributed by atoms with van der Waals surface area (Å²) in [5, 5.41) is 8.12. The van der Waals surface area contributed by atoms with Crippen LogP contribution in [0.3, 0.4) is 0 Å². The number of nitrogens with zero attached hydrogens (tertiary/aromatic N) is 3. The van der Waals surface area contributed by atoms with Crippen LogP contribution >= 0.6 is 11.8 Å². The van der Waals surface area contributed by atoms with Crippen LogP contribution in [0.25, 0.3) is 0 Å². The standard InChI is InChI=1S/C18H22N4O5S2/c19-15(23)6-8-22(14-4-2-1-3-5-14)17(24)11-28-18-21-20-16(27-18)10-13-7-9-29(25,26)12-13/h1-5,13H,6-12H2,(H2,19,23). The molecule has 1 saturated heterocycles. The summed E-state index contributed by atoms with van der Waals surface area (Å²) < 4.78 is 28.6. The number of carbonyl (C=O) groups excluding carboxylic acids is 2. The van der Waals surface area contributed by atoms with Crippen LogP contribution in [0.4, 0.5) is 5.69 Å². The second-order valence-electron chi connectivity index (χ2n) is 6.82. The van der Waals surface area contributed by atoms with Crippen LogP contribution < -0.4 is 10.6 Å². The summed E-state index contributed by atoms with van der Waals surface area (Å²) in [6.45, 7) is 0.185. The molecular weight excluding hydrogens is 416 g/mol. The molecule has 1 aromatic heterocycles. The molecule has 1 unspecified atom stereocenters. The highest BCUT2D eigenvalue weighted by molar-refractivity contribution is 7.99. The molecule has 2 amide bonds. The Balaban J connectivity index is 1.57. The van der Waals surface area contributed by atoms with E-state index in [1.54, 1.807) is 24.3 Å². The number of sulfone groups is 1.